The summed E-state index contributed by atoms with van der Waals surface area (Å²) in [6.07, 6.45) is 1.38. The number of halogens is 1. The van der Waals surface area contributed by atoms with E-state index in [-0.39, 0.29) is 5.69 Å². The molecule has 0 fully saturated rings. The molecule has 0 aliphatic rings. The van der Waals surface area contributed by atoms with Crippen molar-refractivity contribution in [3.05, 3.63) is 41.7 Å². The zero-order valence-electron chi connectivity index (χ0n) is 16.9. The van der Waals surface area contributed by atoms with Crippen molar-refractivity contribution in [3.63, 3.8) is 0 Å². The lowest BCUT2D eigenvalue weighted by Crippen LogP contribution is -2.06. The second-order valence-corrected chi connectivity index (χ2v) is 6.40. The molecule has 0 radical (unpaired) electrons. The first-order valence-corrected chi connectivity index (χ1v) is 9.16. The van der Waals surface area contributed by atoms with Crippen LogP contribution in [0.4, 0.5) is 28.7 Å². The highest BCUT2D eigenvalue weighted by Gasteiger charge is 2.15. The Morgan fingerprint density at radius 3 is 1.93 bits per heavy atom. The number of hydrogen-bond donors (Lipinski definition) is 3. The first-order chi connectivity index (χ1) is 14.5. The Labute approximate surface area is 179 Å². The van der Waals surface area contributed by atoms with Crippen molar-refractivity contribution in [2.24, 2.45) is 0 Å². The van der Waals surface area contributed by atoms with Crippen molar-refractivity contribution < 1.29 is 18.9 Å². The van der Waals surface area contributed by atoms with Gasteiger partial charge in [0.05, 0.1) is 44.8 Å². The lowest BCUT2D eigenvalue weighted by molar-refractivity contribution is 0.396. The highest BCUT2D eigenvalue weighted by molar-refractivity contribution is 6.32. The summed E-state index contributed by atoms with van der Waals surface area (Å²) in [5.74, 6) is 3.01. The minimum absolute atomic E-state index is 0.288. The van der Waals surface area contributed by atoms with Crippen LogP contribution in [0, 0.1) is 0 Å². The van der Waals surface area contributed by atoms with Gasteiger partial charge in [-0.1, -0.05) is 11.6 Å². The zero-order chi connectivity index (χ0) is 21.7. The van der Waals surface area contributed by atoms with Gasteiger partial charge in [0.2, 0.25) is 0 Å². The standard InChI is InChI=1S/C20H22ClN5O4/c1-27-11-5-6-15(28-2)13(7-11)25-19-18(22)20(24-10-23-19)26-14-8-12(21)16(29-3)9-17(14)30-4/h5-10H,22H2,1-4H3,(H2,23,24,25,26). The topological polar surface area (TPSA) is 113 Å². The third-order valence-corrected chi connectivity index (χ3v) is 4.57. The molecule has 0 unspecified atom stereocenters. The molecule has 0 aliphatic heterocycles. The highest BCUT2D eigenvalue weighted by atomic mass is 35.5. The van der Waals surface area contributed by atoms with Gasteiger partial charge < -0.3 is 35.3 Å². The van der Waals surface area contributed by atoms with Gasteiger partial charge in [-0.25, -0.2) is 9.97 Å². The number of nitrogens with two attached hydrogens (primary N) is 1. The van der Waals surface area contributed by atoms with Crippen LogP contribution in [0.1, 0.15) is 0 Å². The van der Waals surface area contributed by atoms with Crippen LogP contribution in [0.25, 0.3) is 0 Å². The molecule has 9 nitrogen and oxygen atoms in total. The summed E-state index contributed by atoms with van der Waals surface area (Å²) in [6, 6.07) is 8.68. The smallest absolute Gasteiger partial charge is 0.159 e. The predicted molar refractivity (Wildman–Crippen MR) is 117 cm³/mol. The first kappa shape index (κ1) is 21.1. The average molecular weight is 432 g/mol. The van der Waals surface area contributed by atoms with E-state index >= 15 is 0 Å². The van der Waals surface area contributed by atoms with Crippen molar-refractivity contribution in [1.29, 1.82) is 0 Å². The Balaban J connectivity index is 1.94. The maximum atomic E-state index is 6.31. The van der Waals surface area contributed by atoms with E-state index in [1.54, 1.807) is 51.7 Å². The molecule has 0 bridgehead atoms. The van der Waals surface area contributed by atoms with E-state index in [4.69, 9.17) is 36.3 Å². The molecule has 0 saturated carbocycles. The minimum atomic E-state index is 0.288. The number of aromatic nitrogens is 2. The third kappa shape index (κ3) is 4.36. The monoisotopic (exact) mass is 431 g/mol. The summed E-state index contributed by atoms with van der Waals surface area (Å²) in [4.78, 5) is 8.46. The molecule has 1 heterocycles. The molecule has 0 atom stereocenters. The van der Waals surface area contributed by atoms with Crippen LogP contribution in [0.5, 0.6) is 23.0 Å². The fourth-order valence-corrected chi connectivity index (χ4v) is 2.96. The van der Waals surface area contributed by atoms with E-state index < -0.39 is 0 Å². The van der Waals surface area contributed by atoms with Gasteiger partial charge in [-0.05, 0) is 18.2 Å². The fourth-order valence-electron chi connectivity index (χ4n) is 2.72. The van der Waals surface area contributed by atoms with Crippen LogP contribution in [-0.2, 0) is 0 Å². The maximum Gasteiger partial charge on any atom is 0.159 e. The van der Waals surface area contributed by atoms with Crippen molar-refractivity contribution in [1.82, 2.24) is 9.97 Å². The fraction of sp³-hybridized carbons (Fsp3) is 0.200. The van der Waals surface area contributed by atoms with Gasteiger partial charge in [0, 0.05) is 12.1 Å². The molecule has 10 heteroatoms. The lowest BCUT2D eigenvalue weighted by atomic mass is 10.2. The molecule has 4 N–H and O–H groups in total. The van der Waals surface area contributed by atoms with Crippen LogP contribution in [-0.4, -0.2) is 38.4 Å². The third-order valence-electron chi connectivity index (χ3n) is 4.27. The molecular weight excluding hydrogens is 410 g/mol. The number of anilines is 5. The van der Waals surface area contributed by atoms with E-state index in [1.807, 2.05) is 0 Å². The molecule has 0 saturated heterocycles. The highest BCUT2D eigenvalue weighted by Crippen LogP contribution is 2.39. The molecule has 1 aromatic heterocycles. The Morgan fingerprint density at radius 2 is 1.37 bits per heavy atom. The Morgan fingerprint density at radius 1 is 0.767 bits per heavy atom. The summed E-state index contributed by atoms with van der Waals surface area (Å²) >= 11 is 6.24. The summed E-state index contributed by atoms with van der Waals surface area (Å²) in [7, 11) is 6.23. The van der Waals surface area contributed by atoms with Gasteiger partial charge in [-0.15, -0.1) is 0 Å². The molecule has 0 aliphatic carbocycles. The first-order valence-electron chi connectivity index (χ1n) is 8.78. The molecule has 3 aromatic rings. The van der Waals surface area contributed by atoms with Crippen LogP contribution in [0.2, 0.25) is 5.02 Å². The molecule has 0 spiro atoms. The second-order valence-electron chi connectivity index (χ2n) is 5.99. The summed E-state index contributed by atoms with van der Waals surface area (Å²) < 4.78 is 21.3. The van der Waals surface area contributed by atoms with Crippen LogP contribution >= 0.6 is 11.6 Å². The van der Waals surface area contributed by atoms with Gasteiger partial charge in [0.1, 0.15) is 35.0 Å². The lowest BCUT2D eigenvalue weighted by Gasteiger charge is -2.17. The van der Waals surface area contributed by atoms with E-state index in [1.165, 1.54) is 13.4 Å². The number of nitrogen functional groups attached to an aromatic ring is 1. The number of hydrogen-bond acceptors (Lipinski definition) is 9. The summed E-state index contributed by atoms with van der Waals surface area (Å²) in [5, 5.41) is 6.69. The van der Waals surface area contributed by atoms with Crippen molar-refractivity contribution in [2.45, 2.75) is 0 Å². The quantitative estimate of drug-likeness (QED) is 0.482. The largest absolute Gasteiger partial charge is 0.497 e. The number of benzene rings is 2. The normalized spacial score (nSPS) is 10.3. The van der Waals surface area contributed by atoms with Crippen molar-refractivity contribution in [2.75, 3.05) is 44.8 Å². The van der Waals surface area contributed by atoms with Crippen molar-refractivity contribution in [3.8, 4) is 23.0 Å². The molecule has 3 rings (SSSR count). The van der Waals surface area contributed by atoms with Crippen molar-refractivity contribution >= 4 is 40.3 Å². The number of nitrogens with one attached hydrogen (secondary N) is 2. The minimum Gasteiger partial charge on any atom is -0.497 e. The van der Waals surface area contributed by atoms with Gasteiger partial charge in [-0.2, -0.15) is 0 Å². The average Bonchev–Trinajstić information content (AvgIpc) is 2.76. The van der Waals surface area contributed by atoms with E-state index in [9.17, 15) is 0 Å². The Kier molecular flexibility index (Phi) is 6.53. The Bertz CT molecular complexity index is 1050. The van der Waals surface area contributed by atoms with E-state index in [2.05, 4.69) is 20.6 Å². The van der Waals surface area contributed by atoms with Gasteiger partial charge >= 0.3 is 0 Å². The molecular formula is C20H22ClN5O4. The molecule has 30 heavy (non-hydrogen) atoms. The second kappa shape index (κ2) is 9.27. The van der Waals surface area contributed by atoms with Gasteiger partial charge in [-0.3, -0.25) is 0 Å². The summed E-state index contributed by atoms with van der Waals surface area (Å²) in [6.45, 7) is 0. The van der Waals surface area contributed by atoms with Gasteiger partial charge in [0.25, 0.3) is 0 Å². The number of rotatable bonds is 8. The summed E-state index contributed by atoms with van der Waals surface area (Å²) in [5.41, 5.74) is 7.80. The molecule has 0 amide bonds. The van der Waals surface area contributed by atoms with Crippen LogP contribution in [0.15, 0.2) is 36.7 Å². The van der Waals surface area contributed by atoms with Crippen LogP contribution < -0.4 is 35.3 Å². The van der Waals surface area contributed by atoms with E-state index in [0.29, 0.717) is 51.0 Å². The number of nitrogens with zero attached hydrogens (tertiary/aromatic N) is 2. The SMILES string of the molecule is COc1ccc(OC)c(Nc2ncnc(Nc3cc(Cl)c(OC)cc3OC)c2N)c1. The zero-order valence-corrected chi connectivity index (χ0v) is 17.7. The Hall–Kier alpha value is -3.59. The van der Waals surface area contributed by atoms with Crippen LogP contribution in [0.3, 0.4) is 0 Å². The molecule has 158 valence electrons. The number of ether oxygens (including phenoxy) is 4. The molecule has 2 aromatic carbocycles. The van der Waals surface area contributed by atoms with E-state index in [0.717, 1.165) is 0 Å². The predicted octanol–water partition coefficient (Wildman–Crippen LogP) is 4.23. The van der Waals surface area contributed by atoms with Gasteiger partial charge in [0.15, 0.2) is 11.6 Å². The number of methoxy groups -OCH3 is 4. The maximum absolute atomic E-state index is 6.31.